The second-order valence-electron chi connectivity index (χ2n) is 13.5. The van der Waals surface area contributed by atoms with E-state index in [9.17, 15) is 19.5 Å². The number of allylic oxidation sites excluding steroid dienone is 2. The Morgan fingerprint density at radius 1 is 0.840 bits per heavy atom. The molecule has 9 nitrogen and oxygen atoms in total. The van der Waals surface area contributed by atoms with Crippen molar-refractivity contribution in [2.24, 2.45) is 23.7 Å². The van der Waals surface area contributed by atoms with Crippen LogP contribution in [0.4, 0.5) is 11.4 Å². The Morgan fingerprint density at radius 3 is 2.26 bits per heavy atom. The van der Waals surface area contributed by atoms with Gasteiger partial charge in [-0.05, 0) is 96.3 Å². The summed E-state index contributed by atoms with van der Waals surface area (Å²) in [5.41, 5.74) is 5.52. The lowest BCUT2D eigenvalue weighted by Crippen LogP contribution is -2.53. The number of nitrogens with zero attached hydrogens (tertiary/aromatic N) is 2. The largest absolute Gasteiger partial charge is 0.504 e. The van der Waals surface area contributed by atoms with E-state index < -0.39 is 46.8 Å². The number of hydrogen-bond donors (Lipinski definition) is 2. The number of amides is 4. The lowest BCUT2D eigenvalue weighted by atomic mass is 9.49. The Labute approximate surface area is 303 Å². The highest BCUT2D eigenvalue weighted by Crippen LogP contribution is 2.65. The fourth-order valence-corrected chi connectivity index (χ4v) is 9.23. The number of hydrazine groups is 1. The van der Waals surface area contributed by atoms with E-state index in [1.807, 2.05) is 79.7 Å². The average molecular weight is 780 g/mol. The third-order valence-electron chi connectivity index (χ3n) is 11.0. The van der Waals surface area contributed by atoms with Crippen molar-refractivity contribution >= 4 is 57.6 Å². The van der Waals surface area contributed by atoms with Crippen molar-refractivity contribution in [3.05, 3.63) is 129 Å². The second-order valence-corrected chi connectivity index (χ2v) is 14.7. The molecule has 0 spiro atoms. The number of benzene rings is 4. The molecule has 4 aromatic carbocycles. The van der Waals surface area contributed by atoms with Crippen LogP contribution >= 0.6 is 22.6 Å². The van der Waals surface area contributed by atoms with Gasteiger partial charge in [-0.1, -0.05) is 71.8 Å². The molecule has 2 heterocycles. The van der Waals surface area contributed by atoms with E-state index in [0.29, 0.717) is 22.5 Å². The van der Waals surface area contributed by atoms with Gasteiger partial charge >= 0.3 is 0 Å². The predicted molar refractivity (Wildman–Crippen MR) is 195 cm³/mol. The van der Waals surface area contributed by atoms with Gasteiger partial charge in [0.05, 0.1) is 41.7 Å². The van der Waals surface area contributed by atoms with Gasteiger partial charge in [-0.15, -0.1) is 0 Å². The zero-order valence-corrected chi connectivity index (χ0v) is 29.5. The van der Waals surface area contributed by atoms with Crippen molar-refractivity contribution in [3.8, 4) is 11.5 Å². The molecule has 10 heteroatoms. The van der Waals surface area contributed by atoms with Crippen LogP contribution < -0.4 is 15.1 Å². The maximum absolute atomic E-state index is 15.2. The van der Waals surface area contributed by atoms with Crippen LogP contribution in [0.1, 0.15) is 35.4 Å². The Bertz CT molecular complexity index is 2080. The van der Waals surface area contributed by atoms with Crippen LogP contribution in [-0.4, -0.2) is 40.9 Å². The average Bonchev–Trinajstić information content (AvgIpc) is 3.51. The number of aromatic hydroxyl groups is 1. The molecule has 0 radical (unpaired) electrons. The minimum absolute atomic E-state index is 0.141. The molecule has 4 amide bonds. The smallest absolute Gasteiger partial charge is 0.260 e. The SMILES string of the molecule is COc1cccc(C2C3=CCC4C(=O)N(c5ccc(I)cc5)C(=O)C4C3CC3C(=O)N(Nc4ccc(C)cc4)C(=O)C32c2ccccc2)c1O. The summed E-state index contributed by atoms with van der Waals surface area (Å²) in [4.78, 5) is 59.8. The summed E-state index contributed by atoms with van der Waals surface area (Å²) < 4.78 is 6.52. The topological polar surface area (TPSA) is 116 Å². The van der Waals surface area contributed by atoms with Crippen LogP contribution in [0.5, 0.6) is 11.5 Å². The van der Waals surface area contributed by atoms with Crippen LogP contribution in [0.3, 0.4) is 0 Å². The van der Waals surface area contributed by atoms with Crippen molar-refractivity contribution in [3.63, 3.8) is 0 Å². The van der Waals surface area contributed by atoms with Crippen LogP contribution in [-0.2, 0) is 24.6 Å². The van der Waals surface area contributed by atoms with E-state index in [2.05, 4.69) is 28.0 Å². The number of ether oxygens (including phenoxy) is 1. The number of fused-ring (bicyclic) bond motifs is 4. The number of imide groups is 2. The van der Waals surface area contributed by atoms with E-state index >= 15 is 4.79 Å². The molecular weight excluding hydrogens is 745 g/mol. The fourth-order valence-electron chi connectivity index (χ4n) is 8.87. The number of halogens is 1. The number of carbonyl (C=O) groups is 4. The Morgan fingerprint density at radius 2 is 1.56 bits per heavy atom. The van der Waals surface area contributed by atoms with Crippen LogP contribution in [0.15, 0.2) is 109 Å². The van der Waals surface area contributed by atoms with Crippen LogP contribution in [0.2, 0.25) is 0 Å². The van der Waals surface area contributed by atoms with E-state index in [1.54, 1.807) is 30.3 Å². The summed E-state index contributed by atoms with van der Waals surface area (Å²) in [6, 6.07) is 29.1. The first-order valence-electron chi connectivity index (χ1n) is 16.6. The first-order chi connectivity index (χ1) is 24.2. The molecule has 0 aromatic heterocycles. The summed E-state index contributed by atoms with van der Waals surface area (Å²) in [7, 11) is 1.46. The summed E-state index contributed by atoms with van der Waals surface area (Å²) in [6.45, 7) is 1.96. The molecule has 2 N–H and O–H groups in total. The third kappa shape index (κ3) is 4.64. The van der Waals surface area contributed by atoms with Crippen LogP contribution in [0.25, 0.3) is 0 Å². The normalized spacial score (nSPS) is 27.1. The van der Waals surface area contributed by atoms with E-state index in [0.717, 1.165) is 19.7 Å². The molecule has 2 aliphatic carbocycles. The number of aryl methyl sites for hydroxylation is 1. The predicted octanol–water partition coefficient (Wildman–Crippen LogP) is 6.50. The number of para-hydroxylation sites is 1. The Kier molecular flexibility index (Phi) is 7.81. The van der Waals surface area contributed by atoms with E-state index in [-0.39, 0.29) is 36.2 Å². The Balaban J connectivity index is 1.33. The number of carbonyl (C=O) groups excluding carboxylic acids is 4. The molecule has 6 atom stereocenters. The van der Waals surface area contributed by atoms with Gasteiger partial charge in [0.25, 0.3) is 11.8 Å². The fraction of sp³-hybridized carbons (Fsp3) is 0.250. The minimum Gasteiger partial charge on any atom is -0.504 e. The number of methoxy groups -OCH3 is 1. The standard InChI is InChI=1S/C40H34IN3O6/c1-22-11-15-25(16-12-22)42-44-37(47)31-21-30-27(19-20-28-33(30)38(48)43(36(28)46)26-17-13-24(41)14-18-26)34(29-9-6-10-32(50-2)35(29)45)40(31,39(44)49)23-7-4-3-5-8-23/h3-19,28,30-31,33-34,42,45H,20-21H2,1-2H3. The number of nitrogens with one attached hydrogen (secondary N) is 1. The third-order valence-corrected chi connectivity index (χ3v) is 11.8. The molecule has 0 bridgehead atoms. The van der Waals surface area contributed by atoms with Crippen molar-refractivity contribution in [1.82, 2.24) is 5.01 Å². The van der Waals surface area contributed by atoms with Crippen molar-refractivity contribution in [2.45, 2.75) is 31.1 Å². The van der Waals surface area contributed by atoms with Gasteiger partial charge in [0.1, 0.15) is 0 Å². The number of phenolic OH excluding ortho intramolecular Hbond substituents is 1. The molecule has 2 saturated heterocycles. The molecule has 50 heavy (non-hydrogen) atoms. The molecule has 4 aromatic rings. The molecule has 252 valence electrons. The quantitative estimate of drug-likeness (QED) is 0.130. The van der Waals surface area contributed by atoms with Gasteiger partial charge in [-0.25, -0.2) is 0 Å². The molecule has 4 aliphatic rings. The van der Waals surface area contributed by atoms with Crippen LogP contribution in [0, 0.1) is 34.2 Å². The zero-order valence-electron chi connectivity index (χ0n) is 27.4. The van der Waals surface area contributed by atoms with Gasteiger partial charge in [0.15, 0.2) is 11.5 Å². The minimum atomic E-state index is -1.49. The van der Waals surface area contributed by atoms with Crippen molar-refractivity contribution in [1.29, 1.82) is 0 Å². The molecular formula is C40H34IN3O6. The number of hydrogen-bond acceptors (Lipinski definition) is 7. The van der Waals surface area contributed by atoms with Gasteiger partial charge in [0, 0.05) is 15.1 Å². The summed E-state index contributed by atoms with van der Waals surface area (Å²) >= 11 is 2.18. The molecule has 6 unspecified atom stereocenters. The maximum Gasteiger partial charge on any atom is 0.260 e. The molecule has 2 aliphatic heterocycles. The molecule has 1 saturated carbocycles. The van der Waals surface area contributed by atoms with Crippen molar-refractivity contribution < 1.29 is 29.0 Å². The first kappa shape index (κ1) is 32.2. The van der Waals surface area contributed by atoms with E-state index in [4.69, 9.17) is 4.74 Å². The number of phenols is 1. The monoisotopic (exact) mass is 779 g/mol. The summed E-state index contributed by atoms with van der Waals surface area (Å²) in [6.07, 6.45) is 2.43. The van der Waals surface area contributed by atoms with Gasteiger partial charge in [-0.2, -0.15) is 5.01 Å². The highest BCUT2D eigenvalue weighted by atomic mass is 127. The summed E-state index contributed by atoms with van der Waals surface area (Å²) in [5.74, 6) is -5.09. The molecule has 8 rings (SSSR count). The summed E-state index contributed by atoms with van der Waals surface area (Å²) in [5, 5.41) is 12.9. The maximum atomic E-state index is 15.2. The lowest BCUT2D eigenvalue weighted by Gasteiger charge is -2.50. The van der Waals surface area contributed by atoms with Gasteiger partial charge in [0.2, 0.25) is 11.8 Å². The van der Waals surface area contributed by atoms with Crippen molar-refractivity contribution in [2.75, 3.05) is 17.4 Å². The number of rotatable bonds is 6. The lowest BCUT2D eigenvalue weighted by molar-refractivity contribution is -0.138. The molecule has 3 fully saturated rings. The van der Waals surface area contributed by atoms with Gasteiger partial charge in [-0.3, -0.25) is 29.5 Å². The van der Waals surface area contributed by atoms with Gasteiger partial charge < -0.3 is 9.84 Å². The van der Waals surface area contributed by atoms with E-state index in [1.165, 1.54) is 12.0 Å². The zero-order chi connectivity index (χ0) is 34.9. The first-order valence-corrected chi connectivity index (χ1v) is 17.7. The second kappa shape index (κ2) is 12.1. The Hall–Kier alpha value is -4.97. The number of anilines is 2. The highest BCUT2D eigenvalue weighted by molar-refractivity contribution is 14.1. The highest BCUT2D eigenvalue weighted by Gasteiger charge is 2.70.